The van der Waals surface area contributed by atoms with Crippen molar-refractivity contribution < 1.29 is 14.6 Å². The predicted octanol–water partition coefficient (Wildman–Crippen LogP) is 1.19. The van der Waals surface area contributed by atoms with Crippen LogP contribution in [0.2, 0.25) is 0 Å². The molecule has 0 aromatic heterocycles. The lowest BCUT2D eigenvalue weighted by molar-refractivity contribution is 0.223. The first-order valence-electron chi connectivity index (χ1n) is 6.10. The lowest BCUT2D eigenvalue weighted by Crippen LogP contribution is -2.43. The average Bonchev–Trinajstić information content (AvgIpc) is 2.73. The van der Waals surface area contributed by atoms with Crippen molar-refractivity contribution in [1.82, 2.24) is 10.6 Å². The summed E-state index contributed by atoms with van der Waals surface area (Å²) in [5.41, 5.74) is 1.00. The number of rotatable bonds is 4. The fourth-order valence-electron chi connectivity index (χ4n) is 1.97. The summed E-state index contributed by atoms with van der Waals surface area (Å²) < 4.78 is 5.48. The van der Waals surface area contributed by atoms with Gasteiger partial charge in [-0.3, -0.25) is 0 Å². The monoisotopic (exact) mass is 250 g/mol. The van der Waals surface area contributed by atoms with Crippen molar-refractivity contribution in [3.8, 4) is 5.75 Å². The second-order valence-corrected chi connectivity index (χ2v) is 4.43. The van der Waals surface area contributed by atoms with E-state index in [9.17, 15) is 4.79 Å². The third kappa shape index (κ3) is 2.92. The highest BCUT2D eigenvalue weighted by Crippen LogP contribution is 2.31. The molecule has 1 aliphatic rings. The summed E-state index contributed by atoms with van der Waals surface area (Å²) >= 11 is 0. The molecule has 98 valence electrons. The lowest BCUT2D eigenvalue weighted by Gasteiger charge is -2.16. The molecule has 2 rings (SSSR count). The number of aliphatic hydroxyl groups is 1. The number of carbonyl (C=O) groups excluding carboxylic acids is 1. The first kappa shape index (κ1) is 12.7. The van der Waals surface area contributed by atoms with Crippen molar-refractivity contribution in [2.45, 2.75) is 25.4 Å². The minimum atomic E-state index is -0.235. The van der Waals surface area contributed by atoms with E-state index in [1.165, 1.54) is 0 Å². The van der Waals surface area contributed by atoms with Gasteiger partial charge in [0.1, 0.15) is 12.4 Å². The van der Waals surface area contributed by atoms with E-state index in [1.54, 1.807) is 0 Å². The van der Waals surface area contributed by atoms with E-state index in [-0.39, 0.29) is 24.7 Å². The predicted molar refractivity (Wildman–Crippen MR) is 67.5 cm³/mol. The fraction of sp³-hybridized carbons (Fsp3) is 0.462. The van der Waals surface area contributed by atoms with E-state index in [4.69, 9.17) is 9.84 Å². The van der Waals surface area contributed by atoms with E-state index < -0.39 is 0 Å². The average molecular weight is 250 g/mol. The molecule has 0 bridgehead atoms. The normalized spacial score (nSPS) is 18.7. The minimum absolute atomic E-state index is 0.0486. The number of amides is 2. The first-order valence-corrected chi connectivity index (χ1v) is 6.10. The van der Waals surface area contributed by atoms with Gasteiger partial charge in [0.15, 0.2) is 0 Å². The van der Waals surface area contributed by atoms with Crippen molar-refractivity contribution >= 4 is 6.03 Å². The molecule has 1 aliphatic heterocycles. The molecule has 0 saturated carbocycles. The van der Waals surface area contributed by atoms with Crippen LogP contribution in [-0.2, 0) is 0 Å². The van der Waals surface area contributed by atoms with Crippen LogP contribution < -0.4 is 15.4 Å². The van der Waals surface area contributed by atoms with Crippen molar-refractivity contribution in [1.29, 1.82) is 0 Å². The van der Waals surface area contributed by atoms with Crippen molar-refractivity contribution in [2.75, 3.05) is 13.2 Å². The topological polar surface area (TPSA) is 70.6 Å². The zero-order valence-electron chi connectivity index (χ0n) is 10.3. The van der Waals surface area contributed by atoms with Gasteiger partial charge in [0.2, 0.25) is 0 Å². The number of carbonyl (C=O) groups is 1. The Hall–Kier alpha value is -1.75. The Kier molecular flexibility index (Phi) is 4.04. The van der Waals surface area contributed by atoms with Gasteiger partial charge in [-0.25, -0.2) is 4.79 Å². The second kappa shape index (κ2) is 5.73. The number of benzene rings is 1. The van der Waals surface area contributed by atoms with E-state index >= 15 is 0 Å². The molecular weight excluding hydrogens is 232 g/mol. The van der Waals surface area contributed by atoms with Crippen LogP contribution in [0, 0.1) is 0 Å². The van der Waals surface area contributed by atoms with Gasteiger partial charge in [0.25, 0.3) is 0 Å². The SMILES string of the molecule is C[C@H](CCO)NC(=O)NC1COc2ccccc21. The Morgan fingerprint density at radius 3 is 3.11 bits per heavy atom. The smallest absolute Gasteiger partial charge is 0.315 e. The molecule has 0 saturated heterocycles. The molecule has 18 heavy (non-hydrogen) atoms. The molecule has 5 heteroatoms. The molecule has 3 N–H and O–H groups in total. The molecule has 0 spiro atoms. The number of nitrogens with one attached hydrogen (secondary N) is 2. The van der Waals surface area contributed by atoms with Crippen LogP contribution in [-0.4, -0.2) is 30.4 Å². The summed E-state index contributed by atoms with van der Waals surface area (Å²) in [5, 5.41) is 14.4. The van der Waals surface area contributed by atoms with Gasteiger partial charge in [-0.15, -0.1) is 0 Å². The van der Waals surface area contributed by atoms with Crippen molar-refractivity contribution in [3.63, 3.8) is 0 Å². The van der Waals surface area contributed by atoms with Gasteiger partial charge in [-0.05, 0) is 19.4 Å². The summed E-state index contributed by atoms with van der Waals surface area (Å²) in [6, 6.07) is 7.28. The molecule has 1 aromatic rings. The summed E-state index contributed by atoms with van der Waals surface area (Å²) in [6.07, 6.45) is 0.547. The molecule has 0 aliphatic carbocycles. The molecule has 2 atom stereocenters. The number of fused-ring (bicyclic) bond motifs is 1. The van der Waals surface area contributed by atoms with Crippen molar-refractivity contribution in [3.05, 3.63) is 29.8 Å². The Bertz CT molecular complexity index is 422. The maximum absolute atomic E-state index is 11.7. The fourth-order valence-corrected chi connectivity index (χ4v) is 1.97. The minimum Gasteiger partial charge on any atom is -0.491 e. The van der Waals surface area contributed by atoms with Crippen LogP contribution in [0.3, 0.4) is 0 Å². The van der Waals surface area contributed by atoms with Gasteiger partial charge >= 0.3 is 6.03 Å². The number of aliphatic hydroxyl groups excluding tert-OH is 1. The van der Waals surface area contributed by atoms with E-state index in [2.05, 4.69) is 10.6 Å². The Morgan fingerprint density at radius 2 is 2.33 bits per heavy atom. The quantitative estimate of drug-likeness (QED) is 0.751. The lowest BCUT2D eigenvalue weighted by atomic mass is 10.1. The summed E-state index contributed by atoms with van der Waals surface area (Å²) in [5.74, 6) is 0.825. The molecule has 0 radical (unpaired) electrons. The van der Waals surface area contributed by atoms with E-state index in [0.29, 0.717) is 13.0 Å². The van der Waals surface area contributed by atoms with Crippen LogP contribution in [0.25, 0.3) is 0 Å². The number of hydrogen-bond donors (Lipinski definition) is 3. The molecule has 0 fully saturated rings. The maximum Gasteiger partial charge on any atom is 0.315 e. The van der Waals surface area contributed by atoms with Crippen LogP contribution in [0.5, 0.6) is 5.75 Å². The number of hydrogen-bond acceptors (Lipinski definition) is 3. The highest BCUT2D eigenvalue weighted by atomic mass is 16.5. The third-order valence-electron chi connectivity index (χ3n) is 2.94. The van der Waals surface area contributed by atoms with Crippen LogP contribution in [0.4, 0.5) is 4.79 Å². The van der Waals surface area contributed by atoms with Gasteiger partial charge in [0.05, 0.1) is 6.04 Å². The van der Waals surface area contributed by atoms with E-state index in [1.807, 2.05) is 31.2 Å². The number of urea groups is 1. The number of para-hydroxylation sites is 1. The Labute approximate surface area is 106 Å². The largest absolute Gasteiger partial charge is 0.491 e. The Balaban J connectivity index is 1.89. The maximum atomic E-state index is 11.7. The zero-order valence-corrected chi connectivity index (χ0v) is 10.3. The molecule has 1 unspecified atom stereocenters. The first-order chi connectivity index (χ1) is 8.70. The van der Waals surface area contributed by atoms with Crippen LogP contribution >= 0.6 is 0 Å². The molecule has 1 heterocycles. The second-order valence-electron chi connectivity index (χ2n) is 4.43. The van der Waals surface area contributed by atoms with Gasteiger partial charge in [-0.1, -0.05) is 18.2 Å². The highest BCUT2D eigenvalue weighted by molar-refractivity contribution is 5.75. The number of ether oxygens (including phenoxy) is 1. The summed E-state index contributed by atoms with van der Waals surface area (Å²) in [7, 11) is 0. The van der Waals surface area contributed by atoms with E-state index in [0.717, 1.165) is 11.3 Å². The molecule has 1 aromatic carbocycles. The molecular formula is C13H18N2O3. The van der Waals surface area contributed by atoms with Gasteiger partial charge in [0, 0.05) is 18.2 Å². The standard InChI is InChI=1S/C13H18N2O3/c1-9(6-7-16)14-13(17)15-11-8-18-12-5-3-2-4-10(11)12/h2-5,9,11,16H,6-8H2,1H3,(H2,14,15,17)/t9-,11?/m1/s1. The van der Waals surface area contributed by atoms with Gasteiger partial charge in [-0.2, -0.15) is 0 Å². The summed E-state index contributed by atoms with van der Waals surface area (Å²) in [4.78, 5) is 11.7. The highest BCUT2D eigenvalue weighted by Gasteiger charge is 2.25. The van der Waals surface area contributed by atoms with Gasteiger partial charge < -0.3 is 20.5 Å². The van der Waals surface area contributed by atoms with Crippen LogP contribution in [0.1, 0.15) is 24.9 Å². The third-order valence-corrected chi connectivity index (χ3v) is 2.94. The molecule has 5 nitrogen and oxygen atoms in total. The summed E-state index contributed by atoms with van der Waals surface area (Å²) in [6.45, 7) is 2.38. The van der Waals surface area contributed by atoms with Crippen molar-refractivity contribution in [2.24, 2.45) is 0 Å². The molecule has 2 amide bonds. The van der Waals surface area contributed by atoms with Crippen LogP contribution in [0.15, 0.2) is 24.3 Å². The zero-order chi connectivity index (χ0) is 13.0. The Morgan fingerprint density at radius 1 is 1.56 bits per heavy atom.